The lowest BCUT2D eigenvalue weighted by atomic mass is 9.90. The van der Waals surface area contributed by atoms with E-state index in [1.807, 2.05) is 0 Å². The molecule has 2 rings (SSSR count). The molecule has 0 heterocycles. The molecule has 1 aromatic carbocycles. The average Bonchev–Trinajstić information content (AvgIpc) is 2.42. The molecule has 0 saturated carbocycles. The Morgan fingerprint density at radius 3 is 2.27 bits per heavy atom. The highest BCUT2D eigenvalue weighted by Gasteiger charge is 2.35. The lowest BCUT2D eigenvalue weighted by molar-refractivity contribution is -0.137. The number of hydrogen-bond donors (Lipinski definition) is 0. The highest BCUT2D eigenvalue weighted by molar-refractivity contribution is 6.48. The smallest absolute Gasteiger partial charge is 0.377 e. The van der Waals surface area contributed by atoms with Gasteiger partial charge in [-0.1, -0.05) is 46.9 Å². The summed E-state index contributed by atoms with van der Waals surface area (Å²) in [5.41, 5.74) is -0.0727. The third kappa shape index (κ3) is 3.55. The minimum atomic E-state index is -4.44. The van der Waals surface area contributed by atoms with Crippen LogP contribution in [-0.4, -0.2) is 14.1 Å². The number of alkyl halides is 3. The molecular weight excluding hydrogens is 358 g/mol. The molecule has 0 amide bonds. The van der Waals surface area contributed by atoms with E-state index in [0.29, 0.717) is 17.0 Å². The second-order valence-electron chi connectivity index (χ2n) is 5.21. The normalized spacial score (nSPS) is 19.3. The molecule has 0 aromatic heterocycles. The van der Waals surface area contributed by atoms with Crippen molar-refractivity contribution in [3.63, 3.8) is 0 Å². The van der Waals surface area contributed by atoms with Gasteiger partial charge in [-0.3, -0.25) is 0 Å². The highest BCUT2D eigenvalue weighted by Crippen LogP contribution is 2.43. The summed E-state index contributed by atoms with van der Waals surface area (Å²) in [5, 5.41) is 0.859. The van der Waals surface area contributed by atoms with Crippen molar-refractivity contribution < 1.29 is 13.2 Å². The fourth-order valence-corrected chi connectivity index (χ4v) is 3.06. The first kappa shape index (κ1) is 17.5. The maximum Gasteiger partial charge on any atom is 0.418 e. The highest BCUT2D eigenvalue weighted by atomic mass is 35.5. The second kappa shape index (κ2) is 6.34. The van der Waals surface area contributed by atoms with Crippen LogP contribution in [0, 0.1) is 0 Å². The van der Waals surface area contributed by atoms with Crippen LogP contribution in [0.2, 0.25) is 0 Å². The van der Waals surface area contributed by atoms with Gasteiger partial charge in [0.05, 0.1) is 15.6 Å². The van der Waals surface area contributed by atoms with E-state index in [2.05, 4.69) is 0 Å². The zero-order valence-corrected chi connectivity index (χ0v) is 14.1. The van der Waals surface area contributed by atoms with Gasteiger partial charge in [0.15, 0.2) is 0 Å². The number of benzene rings is 1. The van der Waals surface area contributed by atoms with Gasteiger partial charge in [-0.25, -0.2) is 0 Å². The molecule has 0 saturated heterocycles. The monoisotopic (exact) mass is 369 g/mol. The van der Waals surface area contributed by atoms with Crippen molar-refractivity contribution in [2.75, 3.05) is 19.0 Å². The molecule has 0 spiro atoms. The van der Waals surface area contributed by atoms with Crippen LogP contribution in [0.15, 0.2) is 39.4 Å². The van der Waals surface area contributed by atoms with E-state index < -0.39 is 11.7 Å². The fourth-order valence-electron chi connectivity index (χ4n) is 2.34. The number of allylic oxidation sites excluding steroid dienone is 4. The van der Waals surface area contributed by atoms with Gasteiger partial charge in [0.1, 0.15) is 0 Å². The second-order valence-corrected chi connectivity index (χ2v) is 6.45. The van der Waals surface area contributed by atoms with Crippen molar-refractivity contribution in [2.45, 2.75) is 18.5 Å². The number of rotatable bonds is 2. The van der Waals surface area contributed by atoms with E-state index in [0.717, 1.165) is 6.07 Å². The van der Waals surface area contributed by atoms with E-state index in [1.54, 1.807) is 26.2 Å². The van der Waals surface area contributed by atoms with Crippen LogP contribution in [0.4, 0.5) is 18.9 Å². The quantitative estimate of drug-likeness (QED) is 0.610. The summed E-state index contributed by atoms with van der Waals surface area (Å²) in [6, 6.07) is 4.25. The van der Waals surface area contributed by atoms with Crippen LogP contribution in [0.5, 0.6) is 0 Å². The van der Waals surface area contributed by atoms with Crippen molar-refractivity contribution in [2.24, 2.45) is 0 Å². The molecule has 1 aromatic rings. The molecule has 7 heteroatoms. The average molecular weight is 371 g/mol. The summed E-state index contributed by atoms with van der Waals surface area (Å²) >= 11 is 17.9. The van der Waals surface area contributed by atoms with Crippen LogP contribution in [0.3, 0.4) is 0 Å². The number of nitrogens with zero attached hydrogens (tertiary/aromatic N) is 1. The maximum atomic E-state index is 13.2. The third-order valence-corrected chi connectivity index (χ3v) is 4.71. The standard InChI is InChI=1S/C15H13Cl3F3N/c1-22(2)13-4-3-8(5-10(13)15(19,20)21)9-6-11(16)14(18)12(17)7-9/h3-6,9H,7H2,1-2H3. The predicted molar refractivity (Wildman–Crippen MR) is 85.8 cm³/mol. The lowest BCUT2D eigenvalue weighted by Gasteiger charge is -2.23. The molecule has 22 heavy (non-hydrogen) atoms. The summed E-state index contributed by atoms with van der Waals surface area (Å²) in [4.78, 5) is 1.43. The van der Waals surface area contributed by atoms with E-state index >= 15 is 0 Å². The Morgan fingerprint density at radius 1 is 1.14 bits per heavy atom. The van der Waals surface area contributed by atoms with Gasteiger partial charge in [0.2, 0.25) is 0 Å². The minimum Gasteiger partial charge on any atom is -0.377 e. The van der Waals surface area contributed by atoms with Gasteiger partial charge in [-0.2, -0.15) is 13.2 Å². The first-order chi connectivity index (χ1) is 10.1. The van der Waals surface area contributed by atoms with Crippen LogP contribution in [0.25, 0.3) is 0 Å². The molecule has 0 fully saturated rings. The molecule has 1 aliphatic carbocycles. The van der Waals surface area contributed by atoms with Gasteiger partial charge >= 0.3 is 6.18 Å². The Bertz CT molecular complexity index is 648. The molecule has 0 N–H and O–H groups in total. The van der Waals surface area contributed by atoms with E-state index in [4.69, 9.17) is 34.8 Å². The van der Waals surface area contributed by atoms with Gasteiger partial charge < -0.3 is 4.90 Å². The van der Waals surface area contributed by atoms with Crippen molar-refractivity contribution in [3.05, 3.63) is 50.5 Å². The first-order valence-corrected chi connectivity index (χ1v) is 7.55. The summed E-state index contributed by atoms with van der Waals surface area (Å²) < 4.78 is 39.7. The predicted octanol–water partition coefficient (Wildman–Crippen LogP) is 6.07. The van der Waals surface area contributed by atoms with Crippen LogP contribution in [-0.2, 0) is 6.18 Å². The summed E-state index contributed by atoms with van der Waals surface area (Å²) in [6.07, 6.45) is -2.48. The van der Waals surface area contributed by atoms with E-state index in [9.17, 15) is 13.2 Å². The molecule has 0 aliphatic heterocycles. The number of anilines is 1. The van der Waals surface area contributed by atoms with Gasteiger partial charge in [0.25, 0.3) is 0 Å². The number of hydrogen-bond acceptors (Lipinski definition) is 1. The fraction of sp³-hybridized carbons (Fsp3) is 0.333. The zero-order chi connectivity index (χ0) is 16.7. The summed E-state index contributed by atoms with van der Waals surface area (Å²) in [7, 11) is 3.14. The third-order valence-electron chi connectivity index (χ3n) is 3.43. The molecule has 1 aliphatic rings. The topological polar surface area (TPSA) is 3.24 Å². The van der Waals surface area contributed by atoms with Crippen molar-refractivity contribution in [1.82, 2.24) is 0 Å². The molecule has 1 unspecified atom stereocenters. The van der Waals surface area contributed by atoms with Crippen LogP contribution < -0.4 is 4.90 Å². The van der Waals surface area contributed by atoms with Crippen molar-refractivity contribution >= 4 is 40.5 Å². The first-order valence-electron chi connectivity index (χ1n) is 6.41. The van der Waals surface area contributed by atoms with E-state index in [-0.39, 0.29) is 21.7 Å². The molecule has 1 nitrogen and oxygen atoms in total. The van der Waals surface area contributed by atoms with Crippen LogP contribution >= 0.6 is 34.8 Å². The molecule has 0 radical (unpaired) electrons. The van der Waals surface area contributed by atoms with Crippen molar-refractivity contribution in [1.29, 1.82) is 0 Å². The van der Waals surface area contributed by atoms with Gasteiger partial charge in [-0.15, -0.1) is 0 Å². The number of halogens is 6. The molecular formula is C15H13Cl3F3N. The Labute approximate surface area is 141 Å². The van der Waals surface area contributed by atoms with Gasteiger partial charge in [0, 0.05) is 30.7 Å². The Morgan fingerprint density at radius 2 is 1.77 bits per heavy atom. The Kier molecular flexibility index (Phi) is 5.05. The molecule has 0 bridgehead atoms. The maximum absolute atomic E-state index is 13.2. The molecule has 120 valence electrons. The Hall–Kier alpha value is -0.840. The van der Waals surface area contributed by atoms with Crippen LogP contribution in [0.1, 0.15) is 23.5 Å². The minimum absolute atomic E-state index is 0.113. The summed E-state index contributed by atoms with van der Waals surface area (Å²) in [6.45, 7) is 0. The molecule has 1 atom stereocenters. The largest absolute Gasteiger partial charge is 0.418 e. The zero-order valence-electron chi connectivity index (χ0n) is 11.8. The SMILES string of the molecule is CN(C)c1ccc(C2C=C(Cl)C(Cl)=C(Cl)C2)cc1C(F)(F)F. The Balaban J connectivity index is 2.47. The summed E-state index contributed by atoms with van der Waals surface area (Å²) in [5.74, 6) is -0.334. The van der Waals surface area contributed by atoms with Gasteiger partial charge in [-0.05, 0) is 24.1 Å². The van der Waals surface area contributed by atoms with E-state index in [1.165, 1.54) is 11.0 Å². The lowest BCUT2D eigenvalue weighted by Crippen LogP contribution is -2.17. The van der Waals surface area contributed by atoms with Crippen molar-refractivity contribution in [3.8, 4) is 0 Å².